The molecule has 92 heavy (non-hydrogen) atoms. The van der Waals surface area contributed by atoms with Crippen molar-refractivity contribution in [2.24, 2.45) is 23.7 Å². The second-order valence-corrected chi connectivity index (χ2v) is 33.7. The first-order valence-electron chi connectivity index (χ1n) is 31.2. The second-order valence-electron chi connectivity index (χ2n) is 24.7. The average molecular weight is 1330 g/mol. The number of β-amino-alcohol motifs (C(OH)–C–C–N with tert-alkyl or cyclic N) is 4. The molecule has 28 heteroatoms. The first-order valence-corrected chi connectivity index (χ1v) is 37.6. The SMILES string of the molecule is CCS(=O)(=O)N1C[C@@H]([C@@H]2c3ccccc3-c3cncn32)[C@H](O)C1.CCS(=O)(=O)N1C[C@@H]([C@H]2c3ccccc3-c3cncn32)[C@H](O)C1.CCS(=O)(=O)N1C[C@H]([C@@H]2c3ccccc3-c3cncn32)[C@@H](O)C1.CCS(=O)(=O)N1C[C@H]([C@H]2c3ccccc3-c3cncn32)[C@@H](O)C1. The number of sulfonamides is 4. The molecule has 4 N–H and O–H groups in total. The highest BCUT2D eigenvalue weighted by Crippen LogP contribution is 2.50. The Balaban J connectivity index is 0.000000112. The number of benzene rings is 4. The molecule has 0 bridgehead atoms. The first kappa shape index (κ1) is 63.9. The minimum atomic E-state index is -3.29. The molecular formula is C64H76N12O12S4. The minimum Gasteiger partial charge on any atom is -0.391 e. The van der Waals surface area contributed by atoms with Crippen molar-refractivity contribution in [3.8, 4) is 45.0 Å². The van der Waals surface area contributed by atoms with Gasteiger partial charge in [0.25, 0.3) is 0 Å². The fourth-order valence-electron chi connectivity index (χ4n) is 15.2. The lowest BCUT2D eigenvalue weighted by atomic mass is 9.90. The number of nitrogens with zero attached hydrogens (tertiary/aromatic N) is 12. The summed E-state index contributed by atoms with van der Waals surface area (Å²) < 4.78 is 111. The van der Waals surface area contributed by atoms with Crippen LogP contribution in [0.3, 0.4) is 0 Å². The summed E-state index contributed by atoms with van der Waals surface area (Å²) in [5.41, 5.74) is 13.0. The molecule has 24 nitrogen and oxygen atoms in total. The highest BCUT2D eigenvalue weighted by molar-refractivity contribution is 7.89. The molecule has 0 spiro atoms. The lowest BCUT2D eigenvalue weighted by molar-refractivity contribution is 0.126. The van der Waals surface area contributed by atoms with Crippen LogP contribution in [0.15, 0.2) is 147 Å². The van der Waals surface area contributed by atoms with Gasteiger partial charge in [0, 0.05) is 98.3 Å². The number of aliphatic hydroxyl groups is 4. The Labute approximate surface area is 536 Å². The lowest BCUT2D eigenvalue weighted by Gasteiger charge is -2.24. The van der Waals surface area contributed by atoms with Crippen molar-refractivity contribution in [3.63, 3.8) is 0 Å². The van der Waals surface area contributed by atoms with Crippen molar-refractivity contribution in [2.75, 3.05) is 75.4 Å². The largest absolute Gasteiger partial charge is 0.391 e. The van der Waals surface area contributed by atoms with E-state index < -0.39 is 64.5 Å². The highest BCUT2D eigenvalue weighted by atomic mass is 32.2. The van der Waals surface area contributed by atoms with Gasteiger partial charge < -0.3 is 38.7 Å². The lowest BCUT2D eigenvalue weighted by Crippen LogP contribution is -2.31. The molecule has 4 aromatic carbocycles. The number of hydrogen-bond acceptors (Lipinski definition) is 16. The summed E-state index contributed by atoms with van der Waals surface area (Å²) in [6.45, 7) is 8.58. The summed E-state index contributed by atoms with van der Waals surface area (Å²) in [6, 6.07) is 32.0. The number of rotatable bonds is 12. The van der Waals surface area contributed by atoms with Crippen molar-refractivity contribution in [1.29, 1.82) is 0 Å². The van der Waals surface area contributed by atoms with Crippen LogP contribution in [0.1, 0.15) is 74.1 Å². The van der Waals surface area contributed by atoms with E-state index in [1.54, 1.807) is 53.0 Å². The summed E-state index contributed by atoms with van der Waals surface area (Å²) in [5, 5.41) is 42.1. The van der Waals surface area contributed by atoms with Crippen molar-refractivity contribution < 1.29 is 54.1 Å². The zero-order valence-electron chi connectivity index (χ0n) is 51.3. The third-order valence-electron chi connectivity index (χ3n) is 19.9. The van der Waals surface area contributed by atoms with Gasteiger partial charge in [-0.15, -0.1) is 0 Å². The van der Waals surface area contributed by atoms with E-state index in [9.17, 15) is 54.1 Å². The van der Waals surface area contributed by atoms with E-state index in [2.05, 4.69) is 62.5 Å². The Bertz CT molecular complexity index is 3950. The second kappa shape index (κ2) is 24.8. The van der Waals surface area contributed by atoms with Crippen molar-refractivity contribution in [2.45, 2.75) is 76.3 Å². The summed E-state index contributed by atoms with van der Waals surface area (Å²) in [5.74, 6) is -0.455. The predicted octanol–water partition coefficient (Wildman–Crippen LogP) is 4.38. The fourth-order valence-corrected chi connectivity index (χ4v) is 19.8. The molecule has 0 radical (unpaired) electrons. The van der Waals surface area contributed by atoms with Crippen molar-refractivity contribution in [1.82, 2.24) is 55.4 Å². The smallest absolute Gasteiger partial charge is 0.213 e. The molecule has 0 aliphatic carbocycles. The van der Waals surface area contributed by atoms with E-state index in [0.717, 1.165) is 67.3 Å². The zero-order chi connectivity index (χ0) is 64.8. The third-order valence-corrected chi connectivity index (χ3v) is 27.2. The Hall–Kier alpha value is -6.80. The molecular weight excluding hydrogens is 1260 g/mol. The van der Waals surface area contributed by atoms with Gasteiger partial charge in [-0.05, 0) is 49.9 Å². The van der Waals surface area contributed by atoms with E-state index >= 15 is 0 Å². The van der Waals surface area contributed by atoms with Gasteiger partial charge in [-0.3, -0.25) is 0 Å². The van der Waals surface area contributed by atoms with Crippen LogP contribution in [0.5, 0.6) is 0 Å². The molecule has 16 rings (SSSR count). The minimum absolute atomic E-state index is 0.0595. The molecule has 0 amide bonds. The molecule has 8 aromatic rings. The molecule has 8 aliphatic rings. The summed E-state index contributed by atoms with van der Waals surface area (Å²) >= 11 is 0. The molecule has 488 valence electrons. The van der Waals surface area contributed by atoms with Gasteiger partial charge in [-0.2, -0.15) is 17.2 Å². The molecule has 8 aliphatic heterocycles. The van der Waals surface area contributed by atoms with E-state index in [1.807, 2.05) is 97.6 Å². The Morgan fingerprint density at radius 2 is 0.522 bits per heavy atom. The summed E-state index contributed by atoms with van der Waals surface area (Å²) in [7, 11) is -13.1. The summed E-state index contributed by atoms with van der Waals surface area (Å²) in [4.78, 5) is 16.9. The molecule has 4 saturated heterocycles. The maximum atomic E-state index is 12.1. The zero-order valence-corrected chi connectivity index (χ0v) is 54.6. The van der Waals surface area contributed by atoms with Gasteiger partial charge in [0.1, 0.15) is 0 Å². The van der Waals surface area contributed by atoms with Crippen LogP contribution in [-0.2, 0) is 40.1 Å². The van der Waals surface area contributed by atoms with E-state index in [4.69, 9.17) is 0 Å². The Kier molecular flexibility index (Phi) is 17.3. The quantitative estimate of drug-likeness (QED) is 0.132. The standard InChI is InChI=1S/4C16H19N3O3S/c4*1-2-23(21,22)18-8-13(15(20)9-18)16-12-6-4-3-5-11(12)14-7-17-10-19(14)16/h4*3-7,10,13,15-16,20H,2,8-9H2,1H3/t2*13-,15-,16+;2*13-,15-,16-/m1010/s1. The normalized spacial score (nSPS) is 27.1. The van der Waals surface area contributed by atoms with Crippen LogP contribution in [0, 0.1) is 23.7 Å². The van der Waals surface area contributed by atoms with Gasteiger partial charge in [-0.25, -0.2) is 53.6 Å². The monoisotopic (exact) mass is 1330 g/mol. The topological polar surface area (TPSA) is 302 Å². The highest BCUT2D eigenvalue weighted by Gasteiger charge is 2.50. The maximum Gasteiger partial charge on any atom is 0.213 e. The maximum absolute atomic E-state index is 12.1. The van der Waals surface area contributed by atoms with Crippen molar-refractivity contribution in [3.05, 3.63) is 169 Å². The van der Waals surface area contributed by atoms with Crippen LogP contribution in [-0.4, -0.2) is 209 Å². The molecule has 4 fully saturated rings. The number of aromatic nitrogens is 8. The first-order chi connectivity index (χ1) is 44.1. The van der Waals surface area contributed by atoms with Gasteiger partial charge in [0.15, 0.2) is 0 Å². The number of imidazole rings is 4. The number of fused-ring (bicyclic) bond motifs is 12. The van der Waals surface area contributed by atoms with Crippen LogP contribution in [0.25, 0.3) is 45.0 Å². The summed E-state index contributed by atoms with van der Waals surface area (Å²) in [6.07, 6.45) is 11.6. The van der Waals surface area contributed by atoms with Gasteiger partial charge >= 0.3 is 0 Å². The van der Waals surface area contributed by atoms with Crippen LogP contribution >= 0.6 is 0 Å². The fraction of sp³-hybridized carbons (Fsp3) is 0.438. The van der Waals surface area contributed by atoms with E-state index in [-0.39, 0.29) is 97.0 Å². The van der Waals surface area contributed by atoms with Crippen LogP contribution < -0.4 is 0 Å². The predicted molar refractivity (Wildman–Crippen MR) is 345 cm³/mol. The number of hydrogen-bond donors (Lipinski definition) is 4. The molecule has 4 aromatic heterocycles. The van der Waals surface area contributed by atoms with Gasteiger partial charge in [0.05, 0.1) is 144 Å². The van der Waals surface area contributed by atoms with Crippen LogP contribution in [0.2, 0.25) is 0 Å². The van der Waals surface area contributed by atoms with Gasteiger partial charge in [0.2, 0.25) is 40.1 Å². The molecule has 0 unspecified atom stereocenters. The number of aliphatic hydroxyl groups excluding tert-OH is 4. The van der Waals surface area contributed by atoms with E-state index in [0.29, 0.717) is 26.2 Å². The molecule has 0 saturated carbocycles. The van der Waals surface area contributed by atoms with E-state index in [1.165, 1.54) is 17.2 Å². The Morgan fingerprint density at radius 1 is 0.326 bits per heavy atom. The third kappa shape index (κ3) is 11.1. The molecule has 12 atom stereocenters. The Morgan fingerprint density at radius 3 is 0.717 bits per heavy atom. The van der Waals surface area contributed by atoms with Crippen LogP contribution in [0.4, 0.5) is 0 Å². The molecule has 12 heterocycles. The average Bonchev–Trinajstić information content (AvgIpc) is 1.61. The van der Waals surface area contributed by atoms with Gasteiger partial charge in [-0.1, -0.05) is 97.1 Å². The van der Waals surface area contributed by atoms with Crippen molar-refractivity contribution >= 4 is 40.1 Å².